The summed E-state index contributed by atoms with van der Waals surface area (Å²) < 4.78 is 14.8. The number of amides is 2. The van der Waals surface area contributed by atoms with E-state index in [0.717, 1.165) is 17.5 Å². The Labute approximate surface area is 134 Å². The molecular weight excluding hydrogens is 355 g/mol. The molecule has 2 rings (SSSR count). The molecule has 1 aromatic heterocycles. The summed E-state index contributed by atoms with van der Waals surface area (Å²) in [5.41, 5.74) is 6.44. The third kappa shape index (κ3) is 3.91. The first kappa shape index (κ1) is 16.2. The molecule has 0 aliphatic rings. The monoisotopic (exact) mass is 368 g/mol. The van der Waals surface area contributed by atoms with Gasteiger partial charge in [-0.25, -0.2) is 4.39 Å². The molecule has 0 unspecified atom stereocenters. The second kappa shape index (κ2) is 6.69. The van der Waals surface area contributed by atoms with Gasteiger partial charge in [0.2, 0.25) is 0 Å². The van der Waals surface area contributed by atoms with Crippen molar-refractivity contribution in [3.63, 3.8) is 0 Å². The lowest BCUT2D eigenvalue weighted by molar-refractivity contribution is -0.122. The highest BCUT2D eigenvalue weighted by atomic mass is 79.9. The minimum Gasteiger partial charge on any atom is -0.271 e. The van der Waals surface area contributed by atoms with Crippen LogP contribution in [0.1, 0.15) is 21.7 Å². The molecule has 116 valence electrons. The highest BCUT2D eigenvalue weighted by Gasteiger charge is 2.12. The second-order valence-electron chi connectivity index (χ2n) is 4.71. The second-order valence-corrected chi connectivity index (χ2v) is 5.57. The van der Waals surface area contributed by atoms with Crippen molar-refractivity contribution in [2.45, 2.75) is 20.4 Å². The van der Waals surface area contributed by atoms with Crippen molar-refractivity contribution in [2.75, 3.05) is 0 Å². The summed E-state index contributed by atoms with van der Waals surface area (Å²) in [6.45, 7) is 3.65. The van der Waals surface area contributed by atoms with Crippen molar-refractivity contribution in [1.82, 2.24) is 20.6 Å². The summed E-state index contributed by atoms with van der Waals surface area (Å²) >= 11 is 3.09. The summed E-state index contributed by atoms with van der Waals surface area (Å²) in [5, 5.41) is 4.15. The average Bonchev–Trinajstić information content (AvgIpc) is 2.74. The van der Waals surface area contributed by atoms with Gasteiger partial charge >= 0.3 is 0 Å². The first-order valence-corrected chi connectivity index (χ1v) is 7.21. The number of nitrogens with zero attached hydrogens (tertiary/aromatic N) is 2. The van der Waals surface area contributed by atoms with Crippen LogP contribution >= 0.6 is 15.9 Å². The van der Waals surface area contributed by atoms with Crippen molar-refractivity contribution in [3.05, 3.63) is 51.5 Å². The van der Waals surface area contributed by atoms with E-state index in [0.29, 0.717) is 4.47 Å². The fourth-order valence-electron chi connectivity index (χ4n) is 1.88. The van der Waals surface area contributed by atoms with E-state index in [4.69, 9.17) is 0 Å². The Kier molecular flexibility index (Phi) is 4.92. The van der Waals surface area contributed by atoms with E-state index >= 15 is 0 Å². The molecule has 2 amide bonds. The van der Waals surface area contributed by atoms with Crippen LogP contribution in [-0.4, -0.2) is 21.6 Å². The van der Waals surface area contributed by atoms with Gasteiger partial charge in [-0.2, -0.15) is 5.10 Å². The average molecular weight is 369 g/mol. The van der Waals surface area contributed by atoms with E-state index < -0.39 is 17.6 Å². The number of carbonyl (C=O) groups excluding carboxylic acids is 2. The Morgan fingerprint density at radius 1 is 1.27 bits per heavy atom. The van der Waals surface area contributed by atoms with E-state index in [1.807, 2.05) is 19.9 Å². The molecule has 0 aliphatic carbocycles. The molecular formula is C14H14BrFN4O2. The SMILES string of the molecule is Cc1cc(C)n(CC(=O)NNC(=O)c2ccc(F)cc2Br)n1. The number of carbonyl (C=O) groups is 2. The fraction of sp³-hybridized carbons (Fsp3) is 0.214. The van der Waals surface area contributed by atoms with Crippen molar-refractivity contribution < 1.29 is 14.0 Å². The quantitative estimate of drug-likeness (QED) is 0.811. The van der Waals surface area contributed by atoms with Gasteiger partial charge in [-0.15, -0.1) is 0 Å². The van der Waals surface area contributed by atoms with Gasteiger partial charge in [-0.05, 0) is 54.0 Å². The molecule has 0 fully saturated rings. The molecule has 2 aromatic rings. The molecule has 0 aliphatic heterocycles. The lowest BCUT2D eigenvalue weighted by atomic mass is 10.2. The van der Waals surface area contributed by atoms with Crippen LogP contribution in [-0.2, 0) is 11.3 Å². The summed E-state index contributed by atoms with van der Waals surface area (Å²) in [6, 6.07) is 5.51. The molecule has 0 radical (unpaired) electrons. The maximum absolute atomic E-state index is 13.0. The van der Waals surface area contributed by atoms with E-state index in [2.05, 4.69) is 31.9 Å². The number of hydrogen-bond acceptors (Lipinski definition) is 3. The predicted molar refractivity (Wildman–Crippen MR) is 81.4 cm³/mol. The Balaban J connectivity index is 1.93. The zero-order valence-electron chi connectivity index (χ0n) is 12.0. The molecule has 0 spiro atoms. The van der Waals surface area contributed by atoms with Gasteiger partial charge in [0.1, 0.15) is 12.4 Å². The van der Waals surface area contributed by atoms with Crippen LogP contribution in [0.4, 0.5) is 4.39 Å². The predicted octanol–water partition coefficient (Wildman–Crippen LogP) is 1.86. The lowest BCUT2D eigenvalue weighted by Crippen LogP contribution is -2.43. The summed E-state index contributed by atoms with van der Waals surface area (Å²) in [5.74, 6) is -1.43. The standard InChI is InChI=1S/C14H14BrFN4O2/c1-8-5-9(2)20(19-8)7-13(21)17-18-14(22)11-4-3-10(16)6-12(11)15/h3-6H,7H2,1-2H3,(H,17,21)(H,18,22). The van der Waals surface area contributed by atoms with Crippen LogP contribution in [0.25, 0.3) is 0 Å². The normalized spacial score (nSPS) is 10.4. The Hall–Kier alpha value is -2.22. The number of hydrogen-bond donors (Lipinski definition) is 2. The van der Waals surface area contributed by atoms with Gasteiger partial charge in [-0.3, -0.25) is 25.1 Å². The number of halogens is 2. The maximum Gasteiger partial charge on any atom is 0.270 e. The molecule has 8 heteroatoms. The largest absolute Gasteiger partial charge is 0.271 e. The molecule has 0 saturated carbocycles. The van der Waals surface area contributed by atoms with Crippen LogP contribution < -0.4 is 10.9 Å². The van der Waals surface area contributed by atoms with Gasteiger partial charge in [0, 0.05) is 10.2 Å². The fourth-order valence-corrected chi connectivity index (χ4v) is 2.41. The third-order valence-electron chi connectivity index (χ3n) is 2.89. The van der Waals surface area contributed by atoms with Crippen molar-refractivity contribution >= 4 is 27.7 Å². The van der Waals surface area contributed by atoms with E-state index in [9.17, 15) is 14.0 Å². The topological polar surface area (TPSA) is 76.0 Å². The summed E-state index contributed by atoms with van der Waals surface area (Å²) in [7, 11) is 0. The third-order valence-corrected chi connectivity index (χ3v) is 3.54. The first-order chi connectivity index (χ1) is 10.4. The van der Waals surface area contributed by atoms with Crippen LogP contribution in [0, 0.1) is 19.7 Å². The number of benzene rings is 1. The van der Waals surface area contributed by atoms with Gasteiger partial charge in [0.25, 0.3) is 11.8 Å². The number of aryl methyl sites for hydroxylation is 2. The Morgan fingerprint density at radius 3 is 2.59 bits per heavy atom. The molecule has 22 heavy (non-hydrogen) atoms. The number of rotatable bonds is 3. The first-order valence-electron chi connectivity index (χ1n) is 6.42. The van der Waals surface area contributed by atoms with E-state index in [1.165, 1.54) is 16.8 Å². The Bertz CT molecular complexity index is 730. The van der Waals surface area contributed by atoms with Gasteiger partial charge < -0.3 is 0 Å². The maximum atomic E-state index is 13.0. The van der Waals surface area contributed by atoms with Crippen molar-refractivity contribution in [2.24, 2.45) is 0 Å². The number of nitrogens with one attached hydrogen (secondary N) is 2. The van der Waals surface area contributed by atoms with Gasteiger partial charge in [0.05, 0.1) is 11.3 Å². The van der Waals surface area contributed by atoms with E-state index in [1.54, 1.807) is 0 Å². The van der Waals surface area contributed by atoms with Crippen LogP contribution in [0.15, 0.2) is 28.7 Å². The van der Waals surface area contributed by atoms with Gasteiger partial charge in [-0.1, -0.05) is 0 Å². The summed E-state index contributed by atoms with van der Waals surface area (Å²) in [6.07, 6.45) is 0. The number of hydrazine groups is 1. The highest BCUT2D eigenvalue weighted by Crippen LogP contribution is 2.17. The zero-order valence-corrected chi connectivity index (χ0v) is 13.6. The smallest absolute Gasteiger partial charge is 0.270 e. The van der Waals surface area contributed by atoms with Crippen LogP contribution in [0.5, 0.6) is 0 Å². The molecule has 0 saturated heterocycles. The van der Waals surface area contributed by atoms with Gasteiger partial charge in [0.15, 0.2) is 0 Å². The molecule has 1 heterocycles. The van der Waals surface area contributed by atoms with Crippen molar-refractivity contribution in [1.29, 1.82) is 0 Å². The highest BCUT2D eigenvalue weighted by molar-refractivity contribution is 9.10. The molecule has 0 atom stereocenters. The molecule has 6 nitrogen and oxygen atoms in total. The lowest BCUT2D eigenvalue weighted by Gasteiger charge is -2.09. The molecule has 1 aromatic carbocycles. The molecule has 2 N–H and O–H groups in total. The van der Waals surface area contributed by atoms with E-state index in [-0.39, 0.29) is 12.1 Å². The van der Waals surface area contributed by atoms with Crippen LogP contribution in [0.2, 0.25) is 0 Å². The van der Waals surface area contributed by atoms with Crippen LogP contribution in [0.3, 0.4) is 0 Å². The zero-order chi connectivity index (χ0) is 16.3. The Morgan fingerprint density at radius 2 is 2.00 bits per heavy atom. The van der Waals surface area contributed by atoms with Crippen molar-refractivity contribution in [3.8, 4) is 0 Å². The molecule has 0 bridgehead atoms. The minimum atomic E-state index is -0.548. The summed E-state index contributed by atoms with van der Waals surface area (Å²) in [4.78, 5) is 23.7. The minimum absolute atomic E-state index is 0.00938. The number of aromatic nitrogens is 2.